The van der Waals surface area contributed by atoms with Gasteiger partial charge in [-0.3, -0.25) is 0 Å². The second-order valence-corrected chi connectivity index (χ2v) is 4.84. The smallest absolute Gasteiger partial charge is 0.0441 e. The van der Waals surface area contributed by atoms with Gasteiger partial charge in [0, 0.05) is 17.0 Å². The lowest BCUT2D eigenvalue weighted by Gasteiger charge is -2.22. The Hall–Kier alpha value is -0.530. The Bertz CT molecular complexity index is 324. The zero-order valence-electron chi connectivity index (χ0n) is 8.95. The van der Waals surface area contributed by atoms with Crippen LogP contribution in [0.3, 0.4) is 0 Å². The minimum Gasteiger partial charge on any atom is -0.327 e. The van der Waals surface area contributed by atoms with Crippen LogP contribution in [0.2, 0.25) is 5.02 Å². The molecular weight excluding hydrogens is 206 g/mol. The van der Waals surface area contributed by atoms with E-state index in [0.29, 0.717) is 5.92 Å². The maximum Gasteiger partial charge on any atom is 0.0441 e. The Balaban J connectivity index is 2.24. The van der Waals surface area contributed by atoms with Gasteiger partial charge in [0.25, 0.3) is 0 Å². The lowest BCUT2D eigenvalue weighted by molar-refractivity contribution is 0.505. The van der Waals surface area contributed by atoms with E-state index in [1.807, 2.05) is 12.1 Å². The molecule has 0 spiro atoms. The third kappa shape index (κ3) is 2.53. The van der Waals surface area contributed by atoms with E-state index in [2.05, 4.69) is 12.1 Å². The molecule has 1 saturated carbocycles. The Morgan fingerprint density at radius 2 is 1.80 bits per heavy atom. The molecule has 2 rings (SSSR count). The van der Waals surface area contributed by atoms with Gasteiger partial charge in [-0.05, 0) is 24.5 Å². The molecule has 15 heavy (non-hydrogen) atoms. The van der Waals surface area contributed by atoms with Crippen molar-refractivity contribution < 1.29 is 0 Å². The molecule has 0 saturated heterocycles. The third-order valence-electron chi connectivity index (χ3n) is 3.37. The largest absolute Gasteiger partial charge is 0.327 e. The van der Waals surface area contributed by atoms with Crippen molar-refractivity contribution in [3.05, 3.63) is 34.9 Å². The van der Waals surface area contributed by atoms with Gasteiger partial charge in [-0.2, -0.15) is 0 Å². The van der Waals surface area contributed by atoms with E-state index >= 15 is 0 Å². The van der Waals surface area contributed by atoms with Crippen LogP contribution in [0.5, 0.6) is 0 Å². The molecule has 2 heteroatoms. The van der Waals surface area contributed by atoms with Crippen molar-refractivity contribution in [1.82, 2.24) is 0 Å². The fraction of sp³-hybridized carbons (Fsp3) is 0.538. The van der Waals surface area contributed by atoms with Crippen LogP contribution in [-0.2, 0) is 0 Å². The van der Waals surface area contributed by atoms with Gasteiger partial charge in [0.05, 0.1) is 0 Å². The quantitative estimate of drug-likeness (QED) is 0.722. The second-order valence-electron chi connectivity index (χ2n) is 4.43. The molecule has 1 fully saturated rings. The molecule has 2 N–H and O–H groups in total. The van der Waals surface area contributed by atoms with Crippen LogP contribution in [0.15, 0.2) is 24.3 Å². The third-order valence-corrected chi connectivity index (χ3v) is 3.72. The van der Waals surface area contributed by atoms with Gasteiger partial charge in [0.2, 0.25) is 0 Å². The van der Waals surface area contributed by atoms with Crippen molar-refractivity contribution >= 4 is 11.6 Å². The van der Waals surface area contributed by atoms with Crippen LogP contribution in [-0.4, -0.2) is 6.04 Å². The average molecular weight is 224 g/mol. The summed E-state index contributed by atoms with van der Waals surface area (Å²) in [5.41, 5.74) is 7.47. The highest BCUT2D eigenvalue weighted by Gasteiger charge is 2.23. The molecule has 1 aromatic rings. The topological polar surface area (TPSA) is 26.0 Å². The molecule has 1 aliphatic rings. The van der Waals surface area contributed by atoms with Gasteiger partial charge in [-0.25, -0.2) is 0 Å². The van der Waals surface area contributed by atoms with Gasteiger partial charge in [-0.1, -0.05) is 49.1 Å². The van der Waals surface area contributed by atoms with Crippen LogP contribution >= 0.6 is 11.6 Å². The summed E-state index contributed by atoms with van der Waals surface area (Å²) in [7, 11) is 0. The summed E-state index contributed by atoms with van der Waals surface area (Å²) in [6, 6.07) is 8.41. The number of nitrogens with two attached hydrogens (primary N) is 1. The van der Waals surface area contributed by atoms with Gasteiger partial charge in [0.15, 0.2) is 0 Å². The molecule has 82 valence electrons. The maximum absolute atomic E-state index is 6.22. The zero-order chi connectivity index (χ0) is 10.7. The van der Waals surface area contributed by atoms with Gasteiger partial charge < -0.3 is 5.73 Å². The first-order chi connectivity index (χ1) is 7.29. The Morgan fingerprint density at radius 1 is 1.07 bits per heavy atom. The Kier molecular flexibility index (Phi) is 3.66. The first-order valence-electron chi connectivity index (χ1n) is 5.79. The molecule has 2 atom stereocenters. The van der Waals surface area contributed by atoms with Gasteiger partial charge in [0.1, 0.15) is 0 Å². The van der Waals surface area contributed by atoms with Crippen molar-refractivity contribution in [3.8, 4) is 0 Å². The van der Waals surface area contributed by atoms with E-state index < -0.39 is 0 Å². The van der Waals surface area contributed by atoms with Crippen LogP contribution in [0.1, 0.15) is 43.6 Å². The zero-order valence-corrected chi connectivity index (χ0v) is 9.71. The van der Waals surface area contributed by atoms with E-state index in [9.17, 15) is 0 Å². The molecule has 1 aromatic carbocycles. The molecule has 0 aromatic heterocycles. The SMILES string of the molecule is NC1CCCCCC1c1ccccc1Cl. The van der Waals surface area contributed by atoms with Crippen molar-refractivity contribution in [1.29, 1.82) is 0 Å². The highest BCUT2D eigenvalue weighted by atomic mass is 35.5. The molecule has 0 amide bonds. The molecular formula is C13H18ClN. The molecule has 0 bridgehead atoms. The number of rotatable bonds is 1. The number of halogens is 1. The molecule has 1 aliphatic carbocycles. The standard InChI is InChI=1S/C13H18ClN/c14-12-8-5-4-6-10(12)11-7-2-1-3-9-13(11)15/h4-6,8,11,13H,1-3,7,9,15H2. The lowest BCUT2D eigenvalue weighted by Crippen LogP contribution is -2.27. The first kappa shape index (κ1) is 11.0. The van der Waals surface area contributed by atoms with Crippen LogP contribution < -0.4 is 5.73 Å². The summed E-state index contributed by atoms with van der Waals surface area (Å²) >= 11 is 6.22. The van der Waals surface area contributed by atoms with E-state index in [0.717, 1.165) is 11.4 Å². The van der Waals surface area contributed by atoms with E-state index in [-0.39, 0.29) is 6.04 Å². The summed E-state index contributed by atoms with van der Waals surface area (Å²) in [6.45, 7) is 0. The number of benzene rings is 1. The fourth-order valence-electron chi connectivity index (χ4n) is 2.50. The molecule has 0 radical (unpaired) electrons. The minimum atomic E-state index is 0.285. The highest BCUT2D eigenvalue weighted by molar-refractivity contribution is 6.31. The predicted octanol–water partition coefficient (Wildman–Crippen LogP) is 3.72. The van der Waals surface area contributed by atoms with Crippen molar-refractivity contribution in [2.45, 2.75) is 44.1 Å². The van der Waals surface area contributed by atoms with Gasteiger partial charge in [-0.15, -0.1) is 0 Å². The maximum atomic E-state index is 6.22. The summed E-state index contributed by atoms with van der Waals surface area (Å²) in [6.07, 6.45) is 6.18. The molecule has 2 unspecified atom stereocenters. The lowest BCUT2D eigenvalue weighted by atomic mass is 9.88. The number of hydrogen-bond acceptors (Lipinski definition) is 1. The van der Waals surface area contributed by atoms with E-state index in [1.165, 1.54) is 31.2 Å². The molecule has 0 aliphatic heterocycles. The first-order valence-corrected chi connectivity index (χ1v) is 6.17. The van der Waals surface area contributed by atoms with Crippen molar-refractivity contribution in [3.63, 3.8) is 0 Å². The van der Waals surface area contributed by atoms with E-state index in [4.69, 9.17) is 17.3 Å². The summed E-state index contributed by atoms with van der Waals surface area (Å²) in [4.78, 5) is 0. The summed E-state index contributed by atoms with van der Waals surface area (Å²) in [5.74, 6) is 0.459. The van der Waals surface area contributed by atoms with Crippen LogP contribution in [0.25, 0.3) is 0 Å². The predicted molar refractivity (Wildman–Crippen MR) is 65.3 cm³/mol. The fourth-order valence-corrected chi connectivity index (χ4v) is 2.77. The Labute approximate surface area is 96.6 Å². The minimum absolute atomic E-state index is 0.285. The average Bonchev–Trinajstić information content (AvgIpc) is 2.44. The van der Waals surface area contributed by atoms with Crippen molar-refractivity contribution in [2.75, 3.05) is 0 Å². The van der Waals surface area contributed by atoms with Crippen LogP contribution in [0, 0.1) is 0 Å². The summed E-state index contributed by atoms with van der Waals surface area (Å²) < 4.78 is 0. The highest BCUT2D eigenvalue weighted by Crippen LogP contribution is 2.34. The number of hydrogen-bond donors (Lipinski definition) is 1. The summed E-state index contributed by atoms with van der Waals surface area (Å²) in [5, 5.41) is 0.875. The molecule has 0 heterocycles. The normalized spacial score (nSPS) is 27.3. The molecule has 1 nitrogen and oxygen atoms in total. The van der Waals surface area contributed by atoms with E-state index in [1.54, 1.807) is 0 Å². The van der Waals surface area contributed by atoms with Crippen LogP contribution in [0.4, 0.5) is 0 Å². The van der Waals surface area contributed by atoms with Gasteiger partial charge >= 0.3 is 0 Å². The van der Waals surface area contributed by atoms with Crippen molar-refractivity contribution in [2.24, 2.45) is 5.73 Å². The monoisotopic (exact) mass is 223 g/mol. The second kappa shape index (κ2) is 5.00. The Morgan fingerprint density at radius 3 is 2.60 bits per heavy atom.